The van der Waals surface area contributed by atoms with Gasteiger partial charge >= 0.3 is 0 Å². The molecule has 0 spiro atoms. The van der Waals surface area contributed by atoms with Crippen LogP contribution in [0.5, 0.6) is 0 Å². The fraction of sp³-hybridized carbons (Fsp3) is 0.615. The average Bonchev–Trinajstić information content (AvgIpc) is 2.95. The molecule has 2 aliphatic carbocycles. The van der Waals surface area contributed by atoms with Crippen molar-refractivity contribution in [3.05, 3.63) is 15.4 Å². The number of nitrogens with zero attached hydrogens (tertiary/aromatic N) is 2. The van der Waals surface area contributed by atoms with Crippen LogP contribution in [0, 0.1) is 17.8 Å². The van der Waals surface area contributed by atoms with Crippen LogP contribution in [-0.2, 0) is 4.79 Å². The molecule has 1 aromatic heterocycles. The SMILES string of the molecule is O=C(CC1CC2CCC1C2)Nc1ncc(Br)nc1Br. The Morgan fingerprint density at radius 3 is 2.84 bits per heavy atom. The van der Waals surface area contributed by atoms with Gasteiger partial charge in [-0.1, -0.05) is 6.42 Å². The molecule has 3 atom stereocenters. The maximum Gasteiger partial charge on any atom is 0.225 e. The zero-order chi connectivity index (χ0) is 13.4. The molecule has 3 rings (SSSR count). The minimum Gasteiger partial charge on any atom is -0.308 e. The molecule has 2 fully saturated rings. The number of halogens is 2. The van der Waals surface area contributed by atoms with Crippen molar-refractivity contribution in [2.75, 3.05) is 5.32 Å². The molecular formula is C13H15Br2N3O. The van der Waals surface area contributed by atoms with Gasteiger partial charge in [-0.15, -0.1) is 0 Å². The lowest BCUT2D eigenvalue weighted by molar-refractivity contribution is -0.117. The molecule has 19 heavy (non-hydrogen) atoms. The molecule has 2 aliphatic rings. The molecule has 0 radical (unpaired) electrons. The zero-order valence-electron chi connectivity index (χ0n) is 10.4. The lowest BCUT2D eigenvalue weighted by atomic mass is 9.86. The van der Waals surface area contributed by atoms with E-state index < -0.39 is 0 Å². The molecule has 0 aromatic carbocycles. The van der Waals surface area contributed by atoms with Crippen molar-refractivity contribution in [2.24, 2.45) is 17.8 Å². The first-order chi connectivity index (χ1) is 9.11. The Balaban J connectivity index is 1.59. The van der Waals surface area contributed by atoms with Crippen molar-refractivity contribution in [2.45, 2.75) is 32.1 Å². The van der Waals surface area contributed by atoms with Gasteiger partial charge < -0.3 is 5.32 Å². The highest BCUT2D eigenvalue weighted by Crippen LogP contribution is 2.49. The van der Waals surface area contributed by atoms with Crippen molar-refractivity contribution in [3.63, 3.8) is 0 Å². The highest BCUT2D eigenvalue weighted by Gasteiger charge is 2.40. The average molecular weight is 389 g/mol. The van der Waals surface area contributed by atoms with Gasteiger partial charge in [-0.3, -0.25) is 4.79 Å². The third-order valence-corrected chi connectivity index (χ3v) is 5.23. The first-order valence-electron chi connectivity index (χ1n) is 6.59. The molecule has 0 saturated heterocycles. The standard InChI is InChI=1S/C13H15Br2N3O/c14-10-6-16-13(12(15)17-10)18-11(19)5-9-4-7-1-2-8(9)3-7/h6-9H,1-5H2,(H,16,18,19). The summed E-state index contributed by atoms with van der Waals surface area (Å²) in [6, 6.07) is 0. The normalized spacial score (nSPS) is 28.6. The molecule has 2 saturated carbocycles. The monoisotopic (exact) mass is 387 g/mol. The van der Waals surface area contributed by atoms with Crippen LogP contribution in [0.2, 0.25) is 0 Å². The van der Waals surface area contributed by atoms with Crippen molar-refractivity contribution >= 4 is 43.6 Å². The Labute approximate surface area is 129 Å². The van der Waals surface area contributed by atoms with E-state index in [0.29, 0.717) is 27.4 Å². The number of aromatic nitrogens is 2. The second kappa shape index (κ2) is 5.48. The summed E-state index contributed by atoms with van der Waals surface area (Å²) in [6.07, 6.45) is 7.44. The fourth-order valence-corrected chi connectivity index (χ4v) is 4.39. The first kappa shape index (κ1) is 13.5. The second-order valence-electron chi connectivity index (χ2n) is 5.52. The number of hydrogen-bond acceptors (Lipinski definition) is 3. The number of anilines is 1. The van der Waals surface area contributed by atoms with Crippen LogP contribution in [0.15, 0.2) is 15.4 Å². The van der Waals surface area contributed by atoms with Crippen molar-refractivity contribution in [1.29, 1.82) is 0 Å². The molecule has 1 aromatic rings. The van der Waals surface area contributed by atoms with Crippen LogP contribution in [0.4, 0.5) is 5.82 Å². The Bertz CT molecular complexity index is 509. The van der Waals surface area contributed by atoms with E-state index in [0.717, 1.165) is 11.8 Å². The number of amides is 1. The van der Waals surface area contributed by atoms with E-state index in [1.54, 1.807) is 6.20 Å². The number of carbonyl (C=O) groups excluding carboxylic acids is 1. The van der Waals surface area contributed by atoms with Crippen LogP contribution < -0.4 is 5.32 Å². The number of nitrogens with one attached hydrogen (secondary N) is 1. The second-order valence-corrected chi connectivity index (χ2v) is 7.08. The summed E-state index contributed by atoms with van der Waals surface area (Å²) >= 11 is 6.54. The number of hydrogen-bond donors (Lipinski definition) is 1. The van der Waals surface area contributed by atoms with Crippen LogP contribution in [0.3, 0.4) is 0 Å². The van der Waals surface area contributed by atoms with E-state index in [-0.39, 0.29) is 5.91 Å². The Morgan fingerprint density at radius 1 is 1.37 bits per heavy atom. The largest absolute Gasteiger partial charge is 0.308 e. The Kier molecular flexibility index (Phi) is 3.89. The van der Waals surface area contributed by atoms with Gasteiger partial charge in [-0.2, -0.15) is 0 Å². The summed E-state index contributed by atoms with van der Waals surface area (Å²) in [5, 5.41) is 2.84. The molecule has 2 bridgehead atoms. The molecule has 1 N–H and O–H groups in total. The lowest BCUT2D eigenvalue weighted by Crippen LogP contribution is -2.21. The Morgan fingerprint density at radius 2 is 2.21 bits per heavy atom. The number of fused-ring (bicyclic) bond motifs is 2. The van der Waals surface area contributed by atoms with Gasteiger partial charge in [0, 0.05) is 6.42 Å². The van der Waals surface area contributed by atoms with E-state index in [4.69, 9.17) is 0 Å². The zero-order valence-corrected chi connectivity index (χ0v) is 13.6. The fourth-order valence-electron chi connectivity index (χ4n) is 3.48. The van der Waals surface area contributed by atoms with E-state index in [9.17, 15) is 4.79 Å². The summed E-state index contributed by atoms with van der Waals surface area (Å²) in [4.78, 5) is 20.4. The predicted octanol–water partition coefficient (Wildman–Crippen LogP) is 3.77. The van der Waals surface area contributed by atoms with E-state index in [1.807, 2.05) is 0 Å². The quantitative estimate of drug-likeness (QED) is 0.857. The van der Waals surface area contributed by atoms with Crippen molar-refractivity contribution < 1.29 is 4.79 Å². The van der Waals surface area contributed by atoms with Crippen LogP contribution >= 0.6 is 31.9 Å². The molecule has 0 aliphatic heterocycles. The van der Waals surface area contributed by atoms with Gasteiger partial charge in [0.15, 0.2) is 5.82 Å². The van der Waals surface area contributed by atoms with Gasteiger partial charge in [-0.05, 0) is 68.9 Å². The minimum absolute atomic E-state index is 0.0508. The first-order valence-corrected chi connectivity index (χ1v) is 8.18. The summed E-state index contributed by atoms with van der Waals surface area (Å²) < 4.78 is 1.20. The summed E-state index contributed by atoms with van der Waals surface area (Å²) in [5.74, 6) is 2.77. The number of rotatable bonds is 3. The van der Waals surface area contributed by atoms with E-state index in [2.05, 4.69) is 47.1 Å². The third-order valence-electron chi connectivity index (χ3n) is 4.29. The maximum absolute atomic E-state index is 12.1. The van der Waals surface area contributed by atoms with Crippen LogP contribution in [0.1, 0.15) is 32.1 Å². The smallest absolute Gasteiger partial charge is 0.225 e. The highest BCUT2D eigenvalue weighted by molar-refractivity contribution is 9.11. The van der Waals surface area contributed by atoms with Gasteiger partial charge in [0.05, 0.1) is 6.20 Å². The highest BCUT2D eigenvalue weighted by atomic mass is 79.9. The van der Waals surface area contributed by atoms with Gasteiger partial charge in [-0.25, -0.2) is 9.97 Å². The summed E-state index contributed by atoms with van der Waals surface area (Å²) in [5.41, 5.74) is 0. The molecule has 4 nitrogen and oxygen atoms in total. The molecule has 6 heteroatoms. The summed E-state index contributed by atoms with van der Waals surface area (Å²) in [7, 11) is 0. The van der Waals surface area contributed by atoms with Crippen LogP contribution in [-0.4, -0.2) is 15.9 Å². The van der Waals surface area contributed by atoms with E-state index >= 15 is 0 Å². The van der Waals surface area contributed by atoms with E-state index in [1.165, 1.54) is 25.7 Å². The van der Waals surface area contributed by atoms with Gasteiger partial charge in [0.2, 0.25) is 5.91 Å². The van der Waals surface area contributed by atoms with Gasteiger partial charge in [0.1, 0.15) is 9.21 Å². The predicted molar refractivity (Wildman–Crippen MR) is 79.6 cm³/mol. The maximum atomic E-state index is 12.1. The molecule has 1 amide bonds. The van der Waals surface area contributed by atoms with Crippen molar-refractivity contribution in [3.8, 4) is 0 Å². The summed E-state index contributed by atoms with van der Waals surface area (Å²) in [6.45, 7) is 0. The van der Waals surface area contributed by atoms with Crippen molar-refractivity contribution in [1.82, 2.24) is 9.97 Å². The molecule has 3 unspecified atom stereocenters. The minimum atomic E-state index is 0.0508. The van der Waals surface area contributed by atoms with Crippen LogP contribution in [0.25, 0.3) is 0 Å². The topological polar surface area (TPSA) is 54.9 Å². The van der Waals surface area contributed by atoms with Gasteiger partial charge in [0.25, 0.3) is 0 Å². The third kappa shape index (κ3) is 2.99. The molecule has 1 heterocycles. The molecule has 102 valence electrons. The molecular weight excluding hydrogens is 374 g/mol. The lowest BCUT2D eigenvalue weighted by Gasteiger charge is -2.20. The Hall–Kier alpha value is -0.490. The number of carbonyl (C=O) groups is 1.